The summed E-state index contributed by atoms with van der Waals surface area (Å²) in [7, 11) is 1.59. The fraction of sp³-hybridized carbons (Fsp3) is 0.312. The molecule has 22 heavy (non-hydrogen) atoms. The number of nitrogens with zero attached hydrogens (tertiary/aromatic N) is 3. The molecule has 1 amide bonds. The van der Waals surface area contributed by atoms with Crippen LogP contribution in [0.1, 0.15) is 24.2 Å². The Morgan fingerprint density at radius 1 is 1.32 bits per heavy atom. The van der Waals surface area contributed by atoms with Crippen LogP contribution in [-0.2, 0) is 0 Å². The highest BCUT2D eigenvalue weighted by Crippen LogP contribution is 2.40. The number of carbonyl (C=O) groups excluding carboxylic acids is 1. The lowest BCUT2D eigenvalue weighted by Gasteiger charge is -2.24. The highest BCUT2D eigenvalue weighted by molar-refractivity contribution is 6.09. The summed E-state index contributed by atoms with van der Waals surface area (Å²) in [4.78, 5) is 14.6. The second-order valence-corrected chi connectivity index (χ2v) is 5.50. The fourth-order valence-corrected chi connectivity index (χ4v) is 2.38. The van der Waals surface area contributed by atoms with Crippen LogP contribution < -0.4 is 14.4 Å². The van der Waals surface area contributed by atoms with Crippen molar-refractivity contribution in [2.75, 3.05) is 18.6 Å². The van der Waals surface area contributed by atoms with Crippen LogP contribution in [0.4, 0.5) is 5.69 Å². The minimum atomic E-state index is -0.148. The van der Waals surface area contributed by atoms with Crippen LogP contribution in [0.3, 0.4) is 0 Å². The van der Waals surface area contributed by atoms with Crippen molar-refractivity contribution in [3.63, 3.8) is 0 Å². The molecule has 0 fully saturated rings. The Balaban J connectivity index is 2.17. The van der Waals surface area contributed by atoms with Crippen molar-refractivity contribution < 1.29 is 14.3 Å². The van der Waals surface area contributed by atoms with Gasteiger partial charge in [0.1, 0.15) is 11.3 Å². The SMILES string of the molecule is COc1ccc2c(c1)N(CC(C)C)C(=O)c1ccnnc1O2. The second-order valence-electron chi connectivity index (χ2n) is 5.50. The van der Waals surface area contributed by atoms with Crippen LogP contribution in [0, 0.1) is 5.92 Å². The van der Waals surface area contributed by atoms with E-state index in [1.165, 1.54) is 6.20 Å². The van der Waals surface area contributed by atoms with Crippen LogP contribution in [0.5, 0.6) is 17.4 Å². The highest BCUT2D eigenvalue weighted by atomic mass is 16.5. The van der Waals surface area contributed by atoms with Gasteiger partial charge in [-0.25, -0.2) is 0 Å². The standard InChI is InChI=1S/C16H17N3O3/c1-10(2)9-19-13-8-11(21-3)4-5-14(13)22-15-12(16(19)20)6-7-17-18-15/h4-8,10H,9H2,1-3H3. The zero-order chi connectivity index (χ0) is 15.7. The van der Waals surface area contributed by atoms with Gasteiger partial charge in [0.15, 0.2) is 5.75 Å². The molecule has 0 N–H and O–H groups in total. The van der Waals surface area contributed by atoms with Gasteiger partial charge in [0.2, 0.25) is 0 Å². The van der Waals surface area contributed by atoms with E-state index in [9.17, 15) is 4.79 Å². The van der Waals surface area contributed by atoms with E-state index >= 15 is 0 Å². The molecule has 6 heteroatoms. The molecule has 0 aliphatic carbocycles. The Bertz CT molecular complexity index is 716. The predicted molar refractivity (Wildman–Crippen MR) is 81.6 cm³/mol. The van der Waals surface area contributed by atoms with Gasteiger partial charge in [0, 0.05) is 12.6 Å². The Morgan fingerprint density at radius 2 is 2.14 bits per heavy atom. The van der Waals surface area contributed by atoms with Gasteiger partial charge in [-0.2, -0.15) is 5.10 Å². The Hall–Kier alpha value is -2.63. The lowest BCUT2D eigenvalue weighted by Crippen LogP contribution is -2.33. The van der Waals surface area contributed by atoms with E-state index in [0.717, 1.165) is 0 Å². The molecule has 1 aliphatic rings. The van der Waals surface area contributed by atoms with Crippen LogP contribution in [0.25, 0.3) is 0 Å². The first-order chi connectivity index (χ1) is 10.6. The molecule has 2 heterocycles. The lowest BCUT2D eigenvalue weighted by atomic mass is 10.1. The van der Waals surface area contributed by atoms with Crippen molar-refractivity contribution >= 4 is 11.6 Å². The van der Waals surface area contributed by atoms with E-state index in [0.29, 0.717) is 35.2 Å². The van der Waals surface area contributed by atoms with Crippen LogP contribution >= 0.6 is 0 Å². The second kappa shape index (κ2) is 5.63. The molecule has 1 aromatic heterocycles. The first kappa shape index (κ1) is 14.3. The van der Waals surface area contributed by atoms with E-state index in [-0.39, 0.29) is 11.8 Å². The topological polar surface area (TPSA) is 64.5 Å². The summed E-state index contributed by atoms with van der Waals surface area (Å²) in [6.45, 7) is 4.69. The van der Waals surface area contributed by atoms with Gasteiger partial charge in [-0.15, -0.1) is 5.10 Å². The normalized spacial score (nSPS) is 13.3. The molecule has 1 aliphatic heterocycles. The monoisotopic (exact) mass is 299 g/mol. The molecule has 0 atom stereocenters. The first-order valence-corrected chi connectivity index (χ1v) is 7.09. The number of ether oxygens (including phenoxy) is 2. The van der Waals surface area contributed by atoms with E-state index < -0.39 is 0 Å². The number of anilines is 1. The summed E-state index contributed by atoms with van der Waals surface area (Å²) in [5.74, 6) is 1.62. The molecule has 0 saturated carbocycles. The number of rotatable bonds is 3. The van der Waals surface area contributed by atoms with Crippen LogP contribution in [0.15, 0.2) is 30.5 Å². The number of hydrogen-bond donors (Lipinski definition) is 0. The number of amides is 1. The average Bonchev–Trinajstić information content (AvgIpc) is 2.63. The zero-order valence-corrected chi connectivity index (χ0v) is 12.7. The van der Waals surface area contributed by atoms with E-state index in [4.69, 9.17) is 9.47 Å². The molecule has 0 saturated heterocycles. The van der Waals surface area contributed by atoms with Crippen molar-refractivity contribution in [2.24, 2.45) is 5.92 Å². The van der Waals surface area contributed by atoms with Crippen LogP contribution in [0.2, 0.25) is 0 Å². The van der Waals surface area contributed by atoms with Gasteiger partial charge >= 0.3 is 0 Å². The minimum Gasteiger partial charge on any atom is -0.497 e. The smallest absolute Gasteiger partial charge is 0.264 e. The molecular weight excluding hydrogens is 282 g/mol. The molecule has 2 aromatic rings. The van der Waals surface area contributed by atoms with E-state index in [2.05, 4.69) is 24.0 Å². The average molecular weight is 299 g/mol. The molecule has 1 aromatic carbocycles. The van der Waals surface area contributed by atoms with Gasteiger partial charge in [0.25, 0.3) is 11.8 Å². The zero-order valence-electron chi connectivity index (χ0n) is 12.7. The molecule has 3 rings (SSSR count). The van der Waals surface area contributed by atoms with Gasteiger partial charge in [0.05, 0.1) is 19.0 Å². The maximum atomic E-state index is 12.9. The third kappa shape index (κ3) is 2.47. The minimum absolute atomic E-state index is 0.148. The third-order valence-electron chi connectivity index (χ3n) is 3.37. The van der Waals surface area contributed by atoms with Crippen molar-refractivity contribution in [3.8, 4) is 17.4 Å². The predicted octanol–water partition coefficient (Wildman–Crippen LogP) is 2.89. The fourth-order valence-electron chi connectivity index (χ4n) is 2.38. The third-order valence-corrected chi connectivity index (χ3v) is 3.37. The number of hydrogen-bond acceptors (Lipinski definition) is 5. The highest BCUT2D eigenvalue weighted by Gasteiger charge is 2.30. The summed E-state index contributed by atoms with van der Waals surface area (Å²) in [5.41, 5.74) is 1.09. The quantitative estimate of drug-likeness (QED) is 0.872. The summed E-state index contributed by atoms with van der Waals surface area (Å²) in [6, 6.07) is 6.99. The largest absolute Gasteiger partial charge is 0.497 e. The Morgan fingerprint density at radius 3 is 2.86 bits per heavy atom. The molecule has 0 bridgehead atoms. The van der Waals surface area contributed by atoms with Crippen molar-refractivity contribution in [1.82, 2.24) is 10.2 Å². The number of fused-ring (bicyclic) bond motifs is 2. The Labute approximate surface area is 128 Å². The van der Waals surface area contributed by atoms with Gasteiger partial charge in [-0.3, -0.25) is 4.79 Å². The molecule has 0 spiro atoms. The summed E-state index contributed by atoms with van der Waals surface area (Å²) in [5, 5.41) is 7.73. The maximum Gasteiger partial charge on any atom is 0.264 e. The maximum absolute atomic E-state index is 12.9. The van der Waals surface area contributed by atoms with Crippen molar-refractivity contribution in [1.29, 1.82) is 0 Å². The summed E-state index contributed by atoms with van der Waals surface area (Å²) >= 11 is 0. The molecule has 0 unspecified atom stereocenters. The van der Waals surface area contributed by atoms with Gasteiger partial charge in [-0.1, -0.05) is 13.8 Å². The number of aromatic nitrogens is 2. The van der Waals surface area contributed by atoms with E-state index in [1.54, 1.807) is 36.3 Å². The lowest BCUT2D eigenvalue weighted by molar-refractivity contribution is 0.0983. The van der Waals surface area contributed by atoms with Crippen molar-refractivity contribution in [3.05, 3.63) is 36.0 Å². The van der Waals surface area contributed by atoms with Gasteiger partial charge in [-0.05, 0) is 24.1 Å². The Kier molecular flexibility index (Phi) is 3.66. The van der Waals surface area contributed by atoms with E-state index in [1.807, 2.05) is 0 Å². The number of benzene rings is 1. The molecule has 114 valence electrons. The molecule has 6 nitrogen and oxygen atoms in total. The molecule has 0 radical (unpaired) electrons. The summed E-state index contributed by atoms with van der Waals surface area (Å²) < 4.78 is 11.1. The number of carbonyl (C=O) groups is 1. The van der Waals surface area contributed by atoms with Gasteiger partial charge < -0.3 is 14.4 Å². The van der Waals surface area contributed by atoms with Crippen molar-refractivity contribution in [2.45, 2.75) is 13.8 Å². The number of methoxy groups -OCH3 is 1. The van der Waals surface area contributed by atoms with Crippen LogP contribution in [-0.4, -0.2) is 29.8 Å². The summed E-state index contributed by atoms with van der Waals surface area (Å²) in [6.07, 6.45) is 1.49. The molecular formula is C16H17N3O3. The first-order valence-electron chi connectivity index (χ1n) is 7.09.